The van der Waals surface area contributed by atoms with Crippen molar-refractivity contribution >= 4 is 34.8 Å². The van der Waals surface area contributed by atoms with Crippen molar-refractivity contribution in [2.45, 2.75) is 44.1 Å². The summed E-state index contributed by atoms with van der Waals surface area (Å²) in [5.74, 6) is -1.27. The minimum atomic E-state index is -1.12. The Hall–Kier alpha value is -4.53. The number of hydrogen-bond acceptors (Lipinski definition) is 7. The molecule has 0 saturated carbocycles. The first-order valence-electron chi connectivity index (χ1n) is 13.2. The van der Waals surface area contributed by atoms with Gasteiger partial charge in [0.15, 0.2) is 0 Å². The van der Waals surface area contributed by atoms with Gasteiger partial charge in [0, 0.05) is 36.0 Å². The van der Waals surface area contributed by atoms with Gasteiger partial charge in [0.05, 0.1) is 22.8 Å². The van der Waals surface area contributed by atoms with E-state index in [-0.39, 0.29) is 30.7 Å². The number of non-ortho nitro benzene ring substituents is 1. The highest BCUT2D eigenvalue weighted by atomic mass is 16.6. The fourth-order valence-corrected chi connectivity index (χ4v) is 6.53. The summed E-state index contributed by atoms with van der Waals surface area (Å²) in [5.41, 5.74) is 2.26. The minimum absolute atomic E-state index is 0.0293. The van der Waals surface area contributed by atoms with E-state index in [1.807, 2.05) is 12.1 Å². The SMILES string of the molecule is CCOC(=O)c1ccc(N2C(=O)c3ccccc3[C@]3(Cc4cc([N+](=O)[O-])ccc4N4CCCC[C@@H]43)C2=O)cc1. The van der Waals surface area contributed by atoms with E-state index in [1.165, 1.54) is 11.0 Å². The lowest BCUT2D eigenvalue weighted by Gasteiger charge is -2.55. The Morgan fingerprint density at radius 2 is 1.85 bits per heavy atom. The molecule has 3 heterocycles. The van der Waals surface area contributed by atoms with Crippen molar-refractivity contribution in [1.82, 2.24) is 0 Å². The van der Waals surface area contributed by atoms with E-state index in [9.17, 15) is 24.5 Å². The Morgan fingerprint density at radius 3 is 2.59 bits per heavy atom. The summed E-state index contributed by atoms with van der Waals surface area (Å²) in [6.45, 7) is 2.68. The van der Waals surface area contributed by atoms with Gasteiger partial charge in [0.2, 0.25) is 5.91 Å². The van der Waals surface area contributed by atoms with E-state index in [1.54, 1.807) is 55.5 Å². The number of amides is 2. The number of benzene rings is 3. The number of piperidine rings is 1. The average Bonchev–Trinajstić information content (AvgIpc) is 2.96. The van der Waals surface area contributed by atoms with E-state index in [0.29, 0.717) is 22.4 Å². The van der Waals surface area contributed by atoms with Crippen LogP contribution in [0.5, 0.6) is 0 Å². The van der Waals surface area contributed by atoms with E-state index in [0.717, 1.165) is 37.1 Å². The lowest BCUT2D eigenvalue weighted by atomic mass is 9.61. The Kier molecular flexibility index (Phi) is 5.94. The summed E-state index contributed by atoms with van der Waals surface area (Å²) in [6.07, 6.45) is 2.87. The number of fused-ring (bicyclic) bond motifs is 6. The first-order valence-corrected chi connectivity index (χ1v) is 13.2. The maximum Gasteiger partial charge on any atom is 0.338 e. The van der Waals surface area contributed by atoms with Crippen molar-refractivity contribution in [1.29, 1.82) is 0 Å². The van der Waals surface area contributed by atoms with Crippen LogP contribution in [0, 0.1) is 10.1 Å². The molecule has 3 aromatic carbocycles. The molecule has 39 heavy (non-hydrogen) atoms. The fraction of sp³-hybridized carbons (Fsp3) is 0.300. The summed E-state index contributed by atoms with van der Waals surface area (Å²) in [7, 11) is 0. The van der Waals surface area contributed by atoms with Crippen LogP contribution in [-0.4, -0.2) is 41.9 Å². The zero-order valence-corrected chi connectivity index (χ0v) is 21.5. The molecule has 6 rings (SSSR count). The molecule has 9 heteroatoms. The largest absolute Gasteiger partial charge is 0.462 e. The zero-order chi connectivity index (χ0) is 27.3. The van der Waals surface area contributed by atoms with E-state index in [4.69, 9.17) is 4.74 Å². The number of rotatable bonds is 4. The van der Waals surface area contributed by atoms with E-state index < -0.39 is 22.2 Å². The van der Waals surface area contributed by atoms with Crippen LogP contribution in [0.4, 0.5) is 17.1 Å². The van der Waals surface area contributed by atoms with Gasteiger partial charge in [0.25, 0.3) is 11.6 Å². The molecule has 198 valence electrons. The molecule has 1 fully saturated rings. The molecule has 0 aliphatic carbocycles. The highest BCUT2D eigenvalue weighted by molar-refractivity contribution is 6.28. The smallest absolute Gasteiger partial charge is 0.338 e. The van der Waals surface area contributed by atoms with Crippen LogP contribution in [0.2, 0.25) is 0 Å². The number of nitrogens with zero attached hydrogens (tertiary/aromatic N) is 3. The molecule has 0 N–H and O–H groups in total. The highest BCUT2D eigenvalue weighted by Gasteiger charge is 2.59. The molecule has 1 saturated heterocycles. The molecule has 3 aromatic rings. The van der Waals surface area contributed by atoms with Gasteiger partial charge < -0.3 is 9.64 Å². The minimum Gasteiger partial charge on any atom is -0.462 e. The number of imide groups is 1. The molecule has 1 spiro atoms. The normalized spacial score (nSPS) is 21.7. The first-order chi connectivity index (χ1) is 18.9. The number of hydrogen-bond donors (Lipinski definition) is 0. The van der Waals surface area contributed by atoms with Gasteiger partial charge in [-0.1, -0.05) is 18.2 Å². The van der Waals surface area contributed by atoms with Crippen LogP contribution in [0.15, 0.2) is 66.7 Å². The third kappa shape index (κ3) is 3.71. The third-order valence-corrected chi connectivity index (χ3v) is 8.19. The molecule has 2 amide bonds. The third-order valence-electron chi connectivity index (χ3n) is 8.19. The number of anilines is 2. The molecule has 3 aliphatic heterocycles. The predicted octanol–water partition coefficient (Wildman–Crippen LogP) is 4.81. The number of esters is 1. The van der Waals surface area contributed by atoms with Crippen molar-refractivity contribution < 1.29 is 24.0 Å². The van der Waals surface area contributed by atoms with Crippen LogP contribution >= 0.6 is 0 Å². The number of carbonyl (C=O) groups is 3. The maximum atomic E-state index is 14.7. The second-order valence-corrected chi connectivity index (χ2v) is 10.2. The Balaban J connectivity index is 1.53. The van der Waals surface area contributed by atoms with Gasteiger partial charge in [0.1, 0.15) is 5.41 Å². The van der Waals surface area contributed by atoms with Gasteiger partial charge in [-0.05, 0) is 80.1 Å². The monoisotopic (exact) mass is 525 g/mol. The quantitative estimate of drug-likeness (QED) is 0.208. The summed E-state index contributed by atoms with van der Waals surface area (Å²) < 4.78 is 5.07. The molecular formula is C30H27N3O6. The van der Waals surface area contributed by atoms with Gasteiger partial charge >= 0.3 is 5.97 Å². The first kappa shape index (κ1) is 24.8. The number of carbonyl (C=O) groups excluding carboxylic acids is 3. The Morgan fingerprint density at radius 1 is 1.08 bits per heavy atom. The topological polar surface area (TPSA) is 110 Å². The lowest BCUT2D eigenvalue weighted by molar-refractivity contribution is -0.384. The second-order valence-electron chi connectivity index (χ2n) is 10.2. The molecule has 0 radical (unpaired) electrons. The maximum absolute atomic E-state index is 14.7. The summed E-state index contributed by atoms with van der Waals surface area (Å²) in [5, 5.41) is 11.6. The highest BCUT2D eigenvalue weighted by Crippen LogP contribution is 2.51. The van der Waals surface area contributed by atoms with Crippen LogP contribution in [0.3, 0.4) is 0 Å². The van der Waals surface area contributed by atoms with Crippen LogP contribution < -0.4 is 9.80 Å². The van der Waals surface area contributed by atoms with Gasteiger partial charge in [-0.3, -0.25) is 19.7 Å². The number of nitro benzene ring substituents is 1. The van der Waals surface area contributed by atoms with Crippen molar-refractivity contribution in [2.24, 2.45) is 0 Å². The van der Waals surface area contributed by atoms with Gasteiger partial charge in [-0.15, -0.1) is 0 Å². The van der Waals surface area contributed by atoms with Crippen molar-refractivity contribution in [2.75, 3.05) is 23.0 Å². The average molecular weight is 526 g/mol. The van der Waals surface area contributed by atoms with Gasteiger partial charge in [-0.2, -0.15) is 0 Å². The van der Waals surface area contributed by atoms with E-state index >= 15 is 0 Å². The summed E-state index contributed by atoms with van der Waals surface area (Å²) in [4.78, 5) is 55.4. The van der Waals surface area contributed by atoms with Crippen molar-refractivity contribution in [3.8, 4) is 0 Å². The fourth-order valence-electron chi connectivity index (χ4n) is 6.53. The Labute approximate surface area is 225 Å². The van der Waals surface area contributed by atoms with Crippen molar-refractivity contribution in [3.63, 3.8) is 0 Å². The Bertz CT molecular complexity index is 1520. The summed E-state index contributed by atoms with van der Waals surface area (Å²) >= 11 is 0. The molecule has 0 bridgehead atoms. The van der Waals surface area contributed by atoms with E-state index in [2.05, 4.69) is 4.90 Å². The lowest BCUT2D eigenvalue weighted by Crippen LogP contribution is -2.67. The van der Waals surface area contributed by atoms with Crippen LogP contribution in [0.25, 0.3) is 0 Å². The predicted molar refractivity (Wildman–Crippen MR) is 144 cm³/mol. The molecule has 0 unspecified atom stereocenters. The van der Waals surface area contributed by atoms with Crippen LogP contribution in [0.1, 0.15) is 58.0 Å². The number of nitro groups is 1. The van der Waals surface area contributed by atoms with Gasteiger partial charge in [-0.25, -0.2) is 9.69 Å². The molecule has 9 nitrogen and oxygen atoms in total. The second kappa shape index (κ2) is 9.34. The molecule has 3 aliphatic rings. The zero-order valence-electron chi connectivity index (χ0n) is 21.5. The summed E-state index contributed by atoms with van der Waals surface area (Å²) in [6, 6.07) is 18.1. The standard InChI is InChI=1S/C30H27N3O6/c1-2-39-28(35)19-10-12-21(13-11-19)32-27(34)23-7-3-4-8-24(23)30(29(32)36)18-20-17-22(33(37)38)14-15-25(20)31-16-6-5-9-26(30)31/h3-4,7-8,10-15,17,26H,2,5-6,9,16,18H2,1H3/t26-,30+/m1/s1. The van der Waals surface area contributed by atoms with Crippen LogP contribution in [-0.2, 0) is 21.4 Å². The van der Waals surface area contributed by atoms with Crippen molar-refractivity contribution in [3.05, 3.63) is 99.1 Å². The number of ether oxygens (including phenoxy) is 1. The molecule has 0 aromatic heterocycles. The molecule has 2 atom stereocenters. The molecular weight excluding hydrogens is 498 g/mol.